The Kier molecular flexibility index (Phi) is 5.06. The van der Waals surface area contributed by atoms with Crippen molar-refractivity contribution in [1.29, 1.82) is 0 Å². The van der Waals surface area contributed by atoms with Gasteiger partial charge in [0.15, 0.2) is 5.78 Å². The Labute approximate surface area is 183 Å². The van der Waals surface area contributed by atoms with Crippen LogP contribution in [0.3, 0.4) is 0 Å². The van der Waals surface area contributed by atoms with Crippen molar-refractivity contribution in [2.45, 2.75) is 0 Å². The van der Waals surface area contributed by atoms with Crippen LogP contribution in [0.1, 0.15) is 15.9 Å². The Morgan fingerprint density at radius 1 is 0.875 bits per heavy atom. The van der Waals surface area contributed by atoms with E-state index < -0.39 is 11.4 Å². The smallest absolute Gasteiger partial charge is 0.347 e. The molecule has 2 heterocycles. The van der Waals surface area contributed by atoms with E-state index in [2.05, 4.69) is 0 Å². The number of ketones is 1. The predicted molar refractivity (Wildman–Crippen MR) is 125 cm³/mol. The number of fused-ring (bicyclic) bond motifs is 1. The number of rotatable bonds is 5. The summed E-state index contributed by atoms with van der Waals surface area (Å²) in [7, 11) is 0. The van der Waals surface area contributed by atoms with Gasteiger partial charge in [0.25, 0.3) is 0 Å². The van der Waals surface area contributed by atoms with Crippen molar-refractivity contribution >= 4 is 22.8 Å². The van der Waals surface area contributed by atoms with Gasteiger partial charge < -0.3 is 4.42 Å². The number of hydrogen-bond donors (Lipinski definition) is 0. The fourth-order valence-electron chi connectivity index (χ4n) is 3.53. The Hall–Kier alpha value is -4.51. The molecule has 2 aromatic heterocycles. The molecule has 0 fully saturated rings. The van der Waals surface area contributed by atoms with Gasteiger partial charge in [-0.15, -0.1) is 0 Å². The Bertz CT molecular complexity index is 1500. The predicted octanol–water partition coefficient (Wildman–Crippen LogP) is 5.54. The molecular weight excluding hydrogens is 400 g/mol. The van der Waals surface area contributed by atoms with Gasteiger partial charge in [-0.25, -0.2) is 9.48 Å². The fraction of sp³-hybridized carbons (Fsp3) is 0. The molecule has 3 aromatic carbocycles. The van der Waals surface area contributed by atoms with E-state index in [1.807, 2.05) is 72.9 Å². The minimum absolute atomic E-state index is 0.00309. The van der Waals surface area contributed by atoms with Gasteiger partial charge in [0, 0.05) is 22.7 Å². The molecule has 5 aromatic rings. The molecule has 5 heteroatoms. The molecule has 0 aliphatic carbocycles. The molecule has 0 amide bonds. The highest BCUT2D eigenvalue weighted by Crippen LogP contribution is 2.25. The maximum Gasteiger partial charge on any atom is 0.347 e. The molecule has 0 bridgehead atoms. The molecule has 5 rings (SSSR count). The number of hydrogen-bond acceptors (Lipinski definition) is 4. The van der Waals surface area contributed by atoms with Crippen molar-refractivity contribution in [1.82, 2.24) is 9.78 Å². The summed E-state index contributed by atoms with van der Waals surface area (Å²) in [4.78, 5) is 25.2. The van der Waals surface area contributed by atoms with Crippen LogP contribution in [-0.2, 0) is 0 Å². The van der Waals surface area contributed by atoms with E-state index in [9.17, 15) is 9.59 Å². The topological polar surface area (TPSA) is 65.1 Å². The van der Waals surface area contributed by atoms with Crippen LogP contribution < -0.4 is 5.63 Å². The Morgan fingerprint density at radius 2 is 1.56 bits per heavy atom. The van der Waals surface area contributed by atoms with Crippen molar-refractivity contribution in [2.75, 3.05) is 0 Å². The maximum atomic E-state index is 12.8. The van der Waals surface area contributed by atoms with Crippen LogP contribution in [0, 0.1) is 0 Å². The van der Waals surface area contributed by atoms with E-state index in [4.69, 9.17) is 9.52 Å². The third kappa shape index (κ3) is 3.79. The van der Waals surface area contributed by atoms with Gasteiger partial charge in [0.2, 0.25) is 0 Å². The minimum Gasteiger partial charge on any atom is -0.422 e. The minimum atomic E-state index is -0.651. The number of allylic oxidation sites excluding steroid dienone is 1. The van der Waals surface area contributed by atoms with Gasteiger partial charge >= 0.3 is 5.63 Å². The van der Waals surface area contributed by atoms with Crippen molar-refractivity contribution in [2.24, 2.45) is 0 Å². The van der Waals surface area contributed by atoms with Gasteiger partial charge in [-0.2, -0.15) is 5.10 Å². The van der Waals surface area contributed by atoms with Crippen LogP contribution in [0.5, 0.6) is 0 Å². The van der Waals surface area contributed by atoms with Crippen LogP contribution >= 0.6 is 0 Å². The quantitative estimate of drug-likeness (QED) is 0.213. The van der Waals surface area contributed by atoms with E-state index >= 15 is 0 Å². The van der Waals surface area contributed by atoms with Crippen molar-refractivity contribution in [3.63, 3.8) is 0 Å². The summed E-state index contributed by atoms with van der Waals surface area (Å²) in [6, 6.07) is 28.2. The number of benzene rings is 3. The lowest BCUT2D eigenvalue weighted by Gasteiger charge is -2.00. The first-order valence-corrected chi connectivity index (χ1v) is 10.1. The zero-order chi connectivity index (χ0) is 21.9. The summed E-state index contributed by atoms with van der Waals surface area (Å²) in [5, 5.41) is 5.43. The lowest BCUT2D eigenvalue weighted by Crippen LogP contribution is -2.11. The number of carbonyl (C=O) groups excluding carboxylic acids is 1. The first kappa shape index (κ1) is 19.5. The molecule has 0 spiro atoms. The first-order chi connectivity index (χ1) is 15.7. The van der Waals surface area contributed by atoms with Crippen molar-refractivity contribution in [3.05, 3.63) is 125 Å². The van der Waals surface area contributed by atoms with Crippen molar-refractivity contribution in [3.8, 4) is 16.9 Å². The van der Waals surface area contributed by atoms with E-state index in [-0.39, 0.29) is 5.56 Å². The van der Waals surface area contributed by atoms with Gasteiger partial charge in [-0.1, -0.05) is 66.7 Å². The molecule has 0 saturated heterocycles. The van der Waals surface area contributed by atoms with E-state index in [1.165, 1.54) is 6.08 Å². The Balaban J connectivity index is 1.54. The summed E-state index contributed by atoms with van der Waals surface area (Å²) in [5.74, 6) is -0.420. The van der Waals surface area contributed by atoms with Crippen LogP contribution in [0.25, 0.3) is 34.0 Å². The summed E-state index contributed by atoms with van der Waals surface area (Å²) < 4.78 is 7.07. The van der Waals surface area contributed by atoms with Crippen molar-refractivity contribution < 1.29 is 9.21 Å². The monoisotopic (exact) mass is 418 g/mol. The summed E-state index contributed by atoms with van der Waals surface area (Å²) in [5.41, 5.74) is 3.14. The first-order valence-electron chi connectivity index (χ1n) is 10.1. The van der Waals surface area contributed by atoms with Gasteiger partial charge in [0.1, 0.15) is 11.1 Å². The second kappa shape index (κ2) is 8.32. The van der Waals surface area contributed by atoms with E-state index in [1.54, 1.807) is 35.0 Å². The second-order valence-electron chi connectivity index (χ2n) is 7.26. The standard InChI is InChI=1S/C27H18N2O3/c30-24(23-17-20-11-7-8-14-25(20)32-27(23)31)16-15-21-18-29(22-12-5-2-6-13-22)28-26(21)19-9-3-1-4-10-19/h1-18H/b16-15+. The molecule has 0 saturated carbocycles. The Morgan fingerprint density at radius 3 is 2.34 bits per heavy atom. The normalized spacial score (nSPS) is 11.2. The molecule has 0 aliphatic rings. The van der Waals surface area contributed by atoms with Crippen LogP contribution in [0.2, 0.25) is 0 Å². The average molecular weight is 418 g/mol. The zero-order valence-corrected chi connectivity index (χ0v) is 17.0. The number of nitrogens with zero attached hydrogens (tertiary/aromatic N) is 2. The van der Waals surface area contributed by atoms with Crippen LogP contribution in [0.4, 0.5) is 0 Å². The zero-order valence-electron chi connectivity index (χ0n) is 17.0. The molecule has 32 heavy (non-hydrogen) atoms. The maximum absolute atomic E-state index is 12.8. The highest BCUT2D eigenvalue weighted by molar-refractivity contribution is 6.08. The molecule has 0 aliphatic heterocycles. The lowest BCUT2D eigenvalue weighted by molar-refractivity contribution is 0.104. The fourth-order valence-corrected chi connectivity index (χ4v) is 3.53. The summed E-state index contributed by atoms with van der Waals surface area (Å²) in [6.07, 6.45) is 4.94. The third-order valence-electron chi connectivity index (χ3n) is 5.13. The van der Waals surface area contributed by atoms with Crippen LogP contribution in [-0.4, -0.2) is 15.6 Å². The molecular formula is C27H18N2O3. The van der Waals surface area contributed by atoms with E-state index in [0.29, 0.717) is 11.0 Å². The number of carbonyl (C=O) groups is 1. The highest BCUT2D eigenvalue weighted by Gasteiger charge is 2.13. The van der Waals surface area contributed by atoms with Crippen LogP contribution in [0.15, 0.2) is 112 Å². The van der Waals surface area contributed by atoms with Gasteiger partial charge in [-0.3, -0.25) is 4.79 Å². The highest BCUT2D eigenvalue weighted by atomic mass is 16.4. The molecule has 5 nitrogen and oxygen atoms in total. The summed E-state index contributed by atoms with van der Waals surface area (Å²) >= 11 is 0. The third-order valence-corrected chi connectivity index (χ3v) is 5.13. The SMILES string of the molecule is O=C(/C=C/c1cn(-c2ccccc2)nc1-c1ccccc1)c1cc2ccccc2oc1=O. The summed E-state index contributed by atoms with van der Waals surface area (Å²) in [6.45, 7) is 0. The molecule has 0 unspecified atom stereocenters. The molecule has 154 valence electrons. The van der Waals surface area contributed by atoms with Gasteiger partial charge in [0.05, 0.1) is 11.4 Å². The molecule has 0 N–H and O–H groups in total. The number of para-hydroxylation sites is 2. The molecule has 0 atom stereocenters. The average Bonchev–Trinajstić information content (AvgIpc) is 3.27. The molecule has 0 radical (unpaired) electrons. The number of aromatic nitrogens is 2. The largest absolute Gasteiger partial charge is 0.422 e. The lowest BCUT2D eigenvalue weighted by atomic mass is 10.1. The second-order valence-corrected chi connectivity index (χ2v) is 7.26. The van der Waals surface area contributed by atoms with E-state index in [0.717, 1.165) is 22.5 Å². The van der Waals surface area contributed by atoms with Gasteiger partial charge in [-0.05, 0) is 36.4 Å².